The van der Waals surface area contributed by atoms with Gasteiger partial charge in [0.15, 0.2) is 5.65 Å². The first-order valence-corrected chi connectivity index (χ1v) is 6.71. The second-order valence-corrected chi connectivity index (χ2v) is 4.64. The number of nitrogens with one attached hydrogen (secondary N) is 2. The molecule has 0 unspecified atom stereocenters. The van der Waals surface area contributed by atoms with E-state index >= 15 is 0 Å². The topological polar surface area (TPSA) is 71.3 Å². The fourth-order valence-corrected chi connectivity index (χ4v) is 2.02. The third-order valence-corrected chi connectivity index (χ3v) is 3.17. The van der Waals surface area contributed by atoms with Gasteiger partial charge in [0.2, 0.25) is 0 Å². The summed E-state index contributed by atoms with van der Waals surface area (Å²) in [6, 6.07) is 11.1. The first kappa shape index (κ1) is 13.1. The van der Waals surface area contributed by atoms with Crippen LogP contribution in [0.3, 0.4) is 0 Å². The number of fused-ring (bicyclic) bond motifs is 1. The maximum absolute atomic E-state index is 11.9. The molecule has 2 N–H and O–H groups in total. The molecule has 0 saturated carbocycles. The molecule has 2 heterocycles. The predicted octanol–water partition coefficient (Wildman–Crippen LogP) is 2.94. The standard InChI is InChI=1S/C15H15N5O/c1-2-11-3-5-12(6-4-11)17-15(21)18-13-7-8-14-19-16-10-20(14)9-13/h3-10H,2H2,1H3,(H2,17,18,21). The van der Waals surface area contributed by atoms with Gasteiger partial charge in [0, 0.05) is 11.9 Å². The molecule has 0 aliphatic carbocycles. The largest absolute Gasteiger partial charge is 0.323 e. The van der Waals surface area contributed by atoms with Crippen LogP contribution >= 0.6 is 0 Å². The van der Waals surface area contributed by atoms with E-state index in [2.05, 4.69) is 27.8 Å². The zero-order chi connectivity index (χ0) is 14.7. The van der Waals surface area contributed by atoms with Crippen molar-refractivity contribution in [3.8, 4) is 0 Å². The number of hydrogen-bond donors (Lipinski definition) is 2. The van der Waals surface area contributed by atoms with Gasteiger partial charge in [-0.05, 0) is 36.2 Å². The maximum Gasteiger partial charge on any atom is 0.323 e. The van der Waals surface area contributed by atoms with E-state index in [0.717, 1.165) is 17.8 Å². The Kier molecular flexibility index (Phi) is 3.51. The fourth-order valence-electron chi connectivity index (χ4n) is 2.02. The molecule has 2 amide bonds. The Labute approximate surface area is 121 Å². The van der Waals surface area contributed by atoms with Crippen molar-refractivity contribution in [3.63, 3.8) is 0 Å². The molecule has 0 radical (unpaired) electrons. The molecule has 0 aliphatic heterocycles. The molecular formula is C15H15N5O. The highest BCUT2D eigenvalue weighted by Gasteiger charge is 2.04. The summed E-state index contributed by atoms with van der Waals surface area (Å²) in [6.07, 6.45) is 4.32. The molecule has 0 saturated heterocycles. The molecule has 21 heavy (non-hydrogen) atoms. The lowest BCUT2D eigenvalue weighted by molar-refractivity contribution is 0.262. The van der Waals surface area contributed by atoms with Gasteiger partial charge in [-0.15, -0.1) is 10.2 Å². The number of nitrogens with zero attached hydrogens (tertiary/aromatic N) is 3. The summed E-state index contributed by atoms with van der Waals surface area (Å²) in [5, 5.41) is 13.3. The van der Waals surface area contributed by atoms with Crippen LogP contribution in [-0.2, 0) is 6.42 Å². The van der Waals surface area contributed by atoms with Gasteiger partial charge in [-0.2, -0.15) is 0 Å². The van der Waals surface area contributed by atoms with Gasteiger partial charge in [-0.1, -0.05) is 19.1 Å². The Morgan fingerprint density at radius 1 is 1.10 bits per heavy atom. The molecule has 6 heteroatoms. The van der Waals surface area contributed by atoms with Crippen LogP contribution in [0.4, 0.5) is 16.2 Å². The number of carbonyl (C=O) groups excluding carboxylic acids is 1. The van der Waals surface area contributed by atoms with Crippen LogP contribution < -0.4 is 10.6 Å². The summed E-state index contributed by atoms with van der Waals surface area (Å²) in [4.78, 5) is 11.9. The SMILES string of the molecule is CCc1ccc(NC(=O)Nc2ccc3nncn3c2)cc1. The van der Waals surface area contributed by atoms with Crippen LogP contribution in [-0.4, -0.2) is 20.6 Å². The number of aromatic nitrogens is 3. The summed E-state index contributed by atoms with van der Waals surface area (Å²) in [5.41, 5.74) is 3.40. The van der Waals surface area contributed by atoms with Gasteiger partial charge >= 0.3 is 6.03 Å². The summed E-state index contributed by atoms with van der Waals surface area (Å²) in [5.74, 6) is 0. The average Bonchev–Trinajstić information content (AvgIpc) is 2.95. The van der Waals surface area contributed by atoms with Gasteiger partial charge in [0.05, 0.1) is 5.69 Å². The second-order valence-electron chi connectivity index (χ2n) is 4.64. The van der Waals surface area contributed by atoms with E-state index in [9.17, 15) is 4.79 Å². The van der Waals surface area contributed by atoms with Crippen LogP contribution in [0.2, 0.25) is 0 Å². The predicted molar refractivity (Wildman–Crippen MR) is 81.4 cm³/mol. The Morgan fingerprint density at radius 3 is 2.57 bits per heavy atom. The van der Waals surface area contributed by atoms with E-state index in [0.29, 0.717) is 5.69 Å². The molecular weight excluding hydrogens is 266 g/mol. The average molecular weight is 281 g/mol. The normalized spacial score (nSPS) is 10.5. The number of anilines is 2. The van der Waals surface area contributed by atoms with Crippen LogP contribution in [0.25, 0.3) is 5.65 Å². The minimum absolute atomic E-state index is 0.285. The van der Waals surface area contributed by atoms with Gasteiger partial charge in [0.1, 0.15) is 6.33 Å². The molecule has 0 aliphatic rings. The third kappa shape index (κ3) is 3.00. The molecule has 6 nitrogen and oxygen atoms in total. The number of benzene rings is 1. The Bertz CT molecular complexity index is 763. The van der Waals surface area contributed by atoms with Gasteiger partial charge in [-0.25, -0.2) is 4.79 Å². The van der Waals surface area contributed by atoms with Crippen molar-refractivity contribution in [1.29, 1.82) is 0 Å². The number of hydrogen-bond acceptors (Lipinski definition) is 3. The van der Waals surface area contributed by atoms with E-state index in [1.807, 2.05) is 24.3 Å². The van der Waals surface area contributed by atoms with E-state index in [-0.39, 0.29) is 6.03 Å². The maximum atomic E-state index is 11.9. The van der Waals surface area contributed by atoms with Crippen molar-refractivity contribution in [3.05, 3.63) is 54.5 Å². The molecule has 106 valence electrons. The lowest BCUT2D eigenvalue weighted by Crippen LogP contribution is -2.19. The van der Waals surface area contributed by atoms with E-state index < -0.39 is 0 Å². The lowest BCUT2D eigenvalue weighted by Gasteiger charge is -2.08. The second kappa shape index (κ2) is 5.62. The molecule has 3 rings (SSSR count). The van der Waals surface area contributed by atoms with Crippen molar-refractivity contribution < 1.29 is 4.79 Å². The van der Waals surface area contributed by atoms with Gasteiger partial charge < -0.3 is 10.6 Å². The summed E-state index contributed by atoms with van der Waals surface area (Å²) in [6.45, 7) is 2.09. The minimum atomic E-state index is -0.285. The van der Waals surface area contributed by atoms with E-state index in [4.69, 9.17) is 0 Å². The first-order chi connectivity index (χ1) is 10.2. The number of carbonyl (C=O) groups is 1. The molecule has 0 fully saturated rings. The number of aryl methyl sites for hydroxylation is 1. The highest BCUT2D eigenvalue weighted by molar-refractivity contribution is 5.99. The van der Waals surface area contributed by atoms with Gasteiger partial charge in [-0.3, -0.25) is 4.40 Å². The van der Waals surface area contributed by atoms with Crippen LogP contribution in [0.15, 0.2) is 48.9 Å². The zero-order valence-electron chi connectivity index (χ0n) is 11.6. The van der Waals surface area contributed by atoms with E-state index in [1.54, 1.807) is 29.1 Å². The highest BCUT2D eigenvalue weighted by atomic mass is 16.2. The fraction of sp³-hybridized carbons (Fsp3) is 0.133. The number of amides is 2. The number of rotatable bonds is 3. The Morgan fingerprint density at radius 2 is 1.81 bits per heavy atom. The van der Waals surface area contributed by atoms with Crippen molar-refractivity contribution in [2.75, 3.05) is 10.6 Å². The van der Waals surface area contributed by atoms with E-state index in [1.165, 1.54) is 5.56 Å². The van der Waals surface area contributed by atoms with Crippen molar-refractivity contribution in [2.45, 2.75) is 13.3 Å². The monoisotopic (exact) mass is 281 g/mol. The Balaban J connectivity index is 1.67. The summed E-state index contributed by atoms with van der Waals surface area (Å²) >= 11 is 0. The molecule has 0 bridgehead atoms. The molecule has 1 aromatic carbocycles. The number of urea groups is 1. The number of pyridine rings is 1. The van der Waals surface area contributed by atoms with Crippen molar-refractivity contribution in [2.24, 2.45) is 0 Å². The smallest absolute Gasteiger partial charge is 0.308 e. The first-order valence-electron chi connectivity index (χ1n) is 6.71. The molecule has 0 atom stereocenters. The molecule has 0 spiro atoms. The minimum Gasteiger partial charge on any atom is -0.308 e. The van der Waals surface area contributed by atoms with Gasteiger partial charge in [0.25, 0.3) is 0 Å². The Hall–Kier alpha value is -2.89. The van der Waals surface area contributed by atoms with Crippen LogP contribution in [0, 0.1) is 0 Å². The molecule has 3 aromatic rings. The third-order valence-electron chi connectivity index (χ3n) is 3.17. The zero-order valence-corrected chi connectivity index (χ0v) is 11.6. The molecule has 2 aromatic heterocycles. The summed E-state index contributed by atoms with van der Waals surface area (Å²) < 4.78 is 1.74. The van der Waals surface area contributed by atoms with Crippen LogP contribution in [0.5, 0.6) is 0 Å². The highest BCUT2D eigenvalue weighted by Crippen LogP contribution is 2.12. The van der Waals surface area contributed by atoms with Crippen LogP contribution in [0.1, 0.15) is 12.5 Å². The quantitative estimate of drug-likeness (QED) is 0.775. The van der Waals surface area contributed by atoms with Crippen molar-refractivity contribution >= 4 is 23.1 Å². The lowest BCUT2D eigenvalue weighted by atomic mass is 10.1. The summed E-state index contributed by atoms with van der Waals surface area (Å²) in [7, 11) is 0. The van der Waals surface area contributed by atoms with Crippen molar-refractivity contribution in [1.82, 2.24) is 14.6 Å².